The molecule has 120 valence electrons. The van der Waals surface area contributed by atoms with Crippen molar-refractivity contribution in [3.63, 3.8) is 0 Å². The average molecular weight is 309 g/mol. The lowest BCUT2D eigenvalue weighted by Crippen LogP contribution is -2.41. The van der Waals surface area contributed by atoms with Gasteiger partial charge in [-0.15, -0.1) is 0 Å². The predicted molar refractivity (Wildman–Crippen MR) is 93.0 cm³/mol. The van der Waals surface area contributed by atoms with E-state index in [1.807, 2.05) is 31.5 Å². The number of aromatic nitrogens is 1. The summed E-state index contributed by atoms with van der Waals surface area (Å²) in [7, 11) is 0. The maximum absolute atomic E-state index is 5.77. The third kappa shape index (κ3) is 2.91. The van der Waals surface area contributed by atoms with Crippen molar-refractivity contribution >= 4 is 5.69 Å². The van der Waals surface area contributed by atoms with Gasteiger partial charge in [-0.05, 0) is 31.4 Å². The monoisotopic (exact) mass is 309 g/mol. The molecule has 2 bridgehead atoms. The van der Waals surface area contributed by atoms with Crippen LogP contribution in [0.5, 0.6) is 5.75 Å². The van der Waals surface area contributed by atoms with Crippen molar-refractivity contribution in [2.45, 2.75) is 19.4 Å². The first-order valence-electron chi connectivity index (χ1n) is 8.49. The van der Waals surface area contributed by atoms with Gasteiger partial charge in [0.2, 0.25) is 0 Å². The number of hydrogen-bond acceptors (Lipinski definition) is 4. The maximum atomic E-state index is 5.77. The van der Waals surface area contributed by atoms with Crippen LogP contribution in [0.2, 0.25) is 0 Å². The fourth-order valence-corrected chi connectivity index (χ4v) is 3.78. The van der Waals surface area contributed by atoms with Crippen LogP contribution < -0.4 is 15.0 Å². The van der Waals surface area contributed by atoms with E-state index in [-0.39, 0.29) is 0 Å². The Hall–Kier alpha value is -2.07. The summed E-state index contributed by atoms with van der Waals surface area (Å²) in [6, 6.07) is 11.1. The predicted octanol–water partition coefficient (Wildman–Crippen LogP) is 2.95. The molecule has 2 aliphatic heterocycles. The molecule has 1 aromatic carbocycles. The molecule has 0 saturated carbocycles. The minimum atomic E-state index is 0.633. The Morgan fingerprint density at radius 2 is 2.17 bits per heavy atom. The summed E-state index contributed by atoms with van der Waals surface area (Å²) in [4.78, 5) is 6.96. The summed E-state index contributed by atoms with van der Waals surface area (Å²) >= 11 is 0. The van der Waals surface area contributed by atoms with E-state index in [2.05, 4.69) is 33.4 Å². The van der Waals surface area contributed by atoms with Gasteiger partial charge in [-0.2, -0.15) is 0 Å². The lowest BCUT2D eigenvalue weighted by atomic mass is 9.99. The van der Waals surface area contributed by atoms with Crippen molar-refractivity contribution in [1.82, 2.24) is 10.3 Å². The van der Waals surface area contributed by atoms with E-state index >= 15 is 0 Å². The second kappa shape index (κ2) is 6.20. The lowest BCUT2D eigenvalue weighted by molar-refractivity contribution is 0.341. The van der Waals surface area contributed by atoms with Crippen molar-refractivity contribution in [2.24, 2.45) is 5.92 Å². The van der Waals surface area contributed by atoms with Crippen LogP contribution in [-0.2, 0) is 0 Å². The smallest absolute Gasteiger partial charge is 0.127 e. The van der Waals surface area contributed by atoms with Gasteiger partial charge >= 0.3 is 0 Å². The van der Waals surface area contributed by atoms with Gasteiger partial charge in [0.15, 0.2) is 0 Å². The third-order valence-corrected chi connectivity index (χ3v) is 4.82. The molecule has 2 saturated heterocycles. The SMILES string of the molecule is CCOc1ccccc1-c1cncc(N2CC3CNC(C3)C2)c1. The van der Waals surface area contributed by atoms with Gasteiger partial charge in [0.1, 0.15) is 5.75 Å². The van der Waals surface area contributed by atoms with E-state index in [1.165, 1.54) is 12.1 Å². The summed E-state index contributed by atoms with van der Waals surface area (Å²) in [5.74, 6) is 1.70. The molecule has 2 unspecified atom stereocenters. The van der Waals surface area contributed by atoms with Crippen molar-refractivity contribution in [3.05, 3.63) is 42.7 Å². The highest BCUT2D eigenvalue weighted by molar-refractivity contribution is 5.72. The van der Waals surface area contributed by atoms with Crippen LogP contribution in [0, 0.1) is 5.92 Å². The molecular weight excluding hydrogens is 286 g/mol. The summed E-state index contributed by atoms with van der Waals surface area (Å²) in [5.41, 5.74) is 3.45. The van der Waals surface area contributed by atoms with Crippen LogP contribution in [0.4, 0.5) is 5.69 Å². The van der Waals surface area contributed by atoms with Crippen molar-refractivity contribution in [1.29, 1.82) is 0 Å². The third-order valence-electron chi connectivity index (χ3n) is 4.82. The standard InChI is InChI=1S/C19H23N3O/c1-2-23-19-6-4-3-5-18(19)15-8-17(11-20-10-15)22-12-14-7-16(13-22)21-9-14/h3-6,8,10-11,14,16,21H,2,7,9,12-13H2,1H3. The molecule has 2 fully saturated rings. The number of nitrogens with one attached hydrogen (secondary N) is 1. The first-order valence-corrected chi connectivity index (χ1v) is 8.49. The first-order chi connectivity index (χ1) is 11.3. The number of hydrogen-bond donors (Lipinski definition) is 1. The van der Waals surface area contributed by atoms with Crippen molar-refractivity contribution in [3.8, 4) is 16.9 Å². The van der Waals surface area contributed by atoms with Crippen LogP contribution in [0.3, 0.4) is 0 Å². The molecule has 2 aliphatic rings. The molecule has 0 radical (unpaired) electrons. The molecule has 1 aromatic heterocycles. The lowest BCUT2D eigenvalue weighted by Gasteiger charge is -2.33. The van der Waals surface area contributed by atoms with Crippen LogP contribution in [0.25, 0.3) is 11.1 Å². The number of piperidine rings is 1. The normalized spacial score (nSPS) is 23.1. The fourth-order valence-electron chi connectivity index (χ4n) is 3.78. The van der Waals surface area contributed by atoms with E-state index in [9.17, 15) is 0 Å². The second-order valence-electron chi connectivity index (χ2n) is 6.47. The summed E-state index contributed by atoms with van der Waals surface area (Å²) in [5, 5.41) is 3.61. The summed E-state index contributed by atoms with van der Waals surface area (Å²) < 4.78 is 5.77. The molecule has 0 amide bonds. The van der Waals surface area contributed by atoms with Crippen molar-refractivity contribution in [2.75, 3.05) is 31.1 Å². The van der Waals surface area contributed by atoms with E-state index in [0.717, 1.165) is 42.4 Å². The molecule has 4 nitrogen and oxygen atoms in total. The Morgan fingerprint density at radius 1 is 1.26 bits per heavy atom. The number of benzene rings is 1. The Bertz CT molecular complexity index is 676. The molecule has 23 heavy (non-hydrogen) atoms. The number of rotatable bonds is 4. The van der Waals surface area contributed by atoms with Crippen molar-refractivity contribution < 1.29 is 4.74 Å². The number of fused-ring (bicyclic) bond motifs is 2. The van der Waals surface area contributed by atoms with E-state index in [0.29, 0.717) is 12.6 Å². The van der Waals surface area contributed by atoms with E-state index in [4.69, 9.17) is 4.74 Å². The van der Waals surface area contributed by atoms with Gasteiger partial charge < -0.3 is 15.0 Å². The van der Waals surface area contributed by atoms with Gasteiger partial charge in [-0.3, -0.25) is 4.98 Å². The highest BCUT2D eigenvalue weighted by Gasteiger charge is 2.32. The van der Waals surface area contributed by atoms with Gasteiger partial charge in [0, 0.05) is 43.0 Å². The minimum Gasteiger partial charge on any atom is -0.493 e. The number of para-hydroxylation sites is 1. The maximum Gasteiger partial charge on any atom is 0.127 e. The topological polar surface area (TPSA) is 37.4 Å². The Labute approximate surface area is 137 Å². The zero-order valence-corrected chi connectivity index (χ0v) is 13.5. The summed E-state index contributed by atoms with van der Waals surface area (Å²) in [6.07, 6.45) is 5.23. The molecule has 4 rings (SSSR count). The quantitative estimate of drug-likeness (QED) is 0.942. The molecular formula is C19H23N3O. The molecule has 1 N–H and O–H groups in total. The fraction of sp³-hybridized carbons (Fsp3) is 0.421. The zero-order valence-electron chi connectivity index (χ0n) is 13.5. The highest BCUT2D eigenvalue weighted by atomic mass is 16.5. The van der Waals surface area contributed by atoms with E-state index < -0.39 is 0 Å². The molecule has 3 heterocycles. The zero-order chi connectivity index (χ0) is 15.6. The van der Waals surface area contributed by atoms with Crippen LogP contribution in [0.1, 0.15) is 13.3 Å². The molecule has 4 heteroatoms. The first kappa shape index (κ1) is 14.5. The number of ether oxygens (including phenoxy) is 1. The Morgan fingerprint density at radius 3 is 3.04 bits per heavy atom. The Balaban J connectivity index is 1.64. The second-order valence-corrected chi connectivity index (χ2v) is 6.47. The summed E-state index contributed by atoms with van der Waals surface area (Å²) in [6.45, 7) is 6.05. The van der Waals surface area contributed by atoms with Gasteiger partial charge in [-0.25, -0.2) is 0 Å². The average Bonchev–Trinajstić information content (AvgIpc) is 2.94. The molecule has 0 aliphatic carbocycles. The van der Waals surface area contributed by atoms with Crippen LogP contribution in [0.15, 0.2) is 42.7 Å². The van der Waals surface area contributed by atoms with Crippen LogP contribution in [-0.4, -0.2) is 37.3 Å². The van der Waals surface area contributed by atoms with Gasteiger partial charge in [0.25, 0.3) is 0 Å². The molecule has 2 atom stereocenters. The highest BCUT2D eigenvalue weighted by Crippen LogP contribution is 2.33. The Kier molecular flexibility index (Phi) is 3.92. The number of anilines is 1. The largest absolute Gasteiger partial charge is 0.493 e. The van der Waals surface area contributed by atoms with Crippen LogP contribution >= 0.6 is 0 Å². The molecule has 2 aromatic rings. The number of pyridine rings is 1. The minimum absolute atomic E-state index is 0.633. The number of nitrogens with zero attached hydrogens (tertiary/aromatic N) is 2. The van der Waals surface area contributed by atoms with E-state index in [1.54, 1.807) is 0 Å². The van der Waals surface area contributed by atoms with Gasteiger partial charge in [0.05, 0.1) is 18.5 Å². The van der Waals surface area contributed by atoms with Gasteiger partial charge in [-0.1, -0.05) is 18.2 Å². The molecule has 0 spiro atoms.